The highest BCUT2D eigenvalue weighted by Gasteiger charge is 2.42. The molecular formula is C40H56N8O5S2. The normalized spacial score (nSPS) is 24.2. The number of hydrogen-bond donors (Lipinski definition) is 2. The molecule has 3 fully saturated rings. The lowest BCUT2D eigenvalue weighted by Crippen LogP contribution is -2.46. The van der Waals surface area contributed by atoms with Crippen molar-refractivity contribution in [3.05, 3.63) is 54.9 Å². The van der Waals surface area contributed by atoms with Crippen molar-refractivity contribution in [3.8, 4) is 0 Å². The zero-order chi connectivity index (χ0) is 39.6. The van der Waals surface area contributed by atoms with E-state index in [-0.39, 0.29) is 41.0 Å². The number of thiophene rings is 2. The average molecular weight is 793 g/mol. The van der Waals surface area contributed by atoms with Crippen molar-refractivity contribution in [1.29, 1.82) is 0 Å². The molecule has 0 radical (unpaired) electrons. The molecule has 3 saturated heterocycles. The highest BCUT2D eigenvalue weighted by molar-refractivity contribution is 7.18. The van der Waals surface area contributed by atoms with Gasteiger partial charge in [0.15, 0.2) is 0 Å². The minimum absolute atomic E-state index is 0.0124. The molecule has 2 amide bonds. The number of ether oxygens (including phenoxy) is 1. The number of nitrogen functional groups attached to an aromatic ring is 1. The SMILES string of the molecule is C=C1CC(C)(C)n2c(nc3sc4c(c3c2=O)CCN(C)C4)C2CCCN12.CC1(C)CC(=O)N2CCC[C@@H]2C(=O)N1.COC(=O)c1c(N)sc2c1CCN(C)C2. The maximum absolute atomic E-state index is 13.7. The molecule has 6 aliphatic heterocycles. The van der Waals surface area contributed by atoms with Crippen LogP contribution < -0.4 is 16.6 Å². The highest BCUT2D eigenvalue weighted by atomic mass is 32.1. The summed E-state index contributed by atoms with van der Waals surface area (Å²) in [7, 11) is 5.60. The molecule has 13 nitrogen and oxygen atoms in total. The number of likely N-dealkylation sites (N-methyl/N-ethyl adjacent to an activating group) is 2. The second-order valence-corrected chi connectivity index (χ2v) is 19.4. The number of nitrogens with zero attached hydrogens (tertiary/aromatic N) is 6. The minimum Gasteiger partial charge on any atom is -0.465 e. The molecule has 3 aromatic rings. The van der Waals surface area contributed by atoms with E-state index in [1.807, 2.05) is 18.4 Å². The summed E-state index contributed by atoms with van der Waals surface area (Å²) in [4.78, 5) is 66.0. The van der Waals surface area contributed by atoms with Crippen LogP contribution in [0.15, 0.2) is 17.1 Å². The van der Waals surface area contributed by atoms with Gasteiger partial charge in [-0.1, -0.05) is 6.58 Å². The molecule has 6 aliphatic rings. The molecular weight excluding hydrogens is 737 g/mol. The first-order valence-electron chi connectivity index (χ1n) is 19.5. The van der Waals surface area contributed by atoms with Crippen molar-refractivity contribution in [2.75, 3.05) is 53.1 Å². The number of nitrogens with two attached hydrogens (primary N) is 1. The van der Waals surface area contributed by atoms with E-state index in [1.165, 1.54) is 33.8 Å². The van der Waals surface area contributed by atoms with Crippen LogP contribution in [0.5, 0.6) is 0 Å². The fourth-order valence-corrected chi connectivity index (χ4v) is 11.7. The van der Waals surface area contributed by atoms with Gasteiger partial charge in [-0.3, -0.25) is 19.0 Å². The number of allylic oxidation sites excluding steroid dienone is 1. The second-order valence-electron chi connectivity index (χ2n) is 17.2. The minimum atomic E-state index is -0.390. The quantitative estimate of drug-likeness (QED) is 0.335. The van der Waals surface area contributed by atoms with Crippen LogP contribution in [0, 0.1) is 0 Å². The van der Waals surface area contributed by atoms with E-state index in [2.05, 4.69) is 54.5 Å². The Morgan fingerprint density at radius 1 is 0.891 bits per heavy atom. The van der Waals surface area contributed by atoms with Gasteiger partial charge in [-0.15, -0.1) is 22.7 Å². The lowest BCUT2D eigenvalue weighted by molar-refractivity contribution is -0.135. The van der Waals surface area contributed by atoms with Gasteiger partial charge in [0.05, 0.1) is 24.1 Å². The summed E-state index contributed by atoms with van der Waals surface area (Å²) in [5.74, 6) is 0.763. The zero-order valence-corrected chi connectivity index (χ0v) is 35.0. The van der Waals surface area contributed by atoms with Gasteiger partial charge in [-0.05, 0) is 91.4 Å². The molecule has 0 bridgehead atoms. The Balaban J connectivity index is 0.000000137. The molecule has 298 valence electrons. The molecule has 3 aromatic heterocycles. The van der Waals surface area contributed by atoms with Crippen LogP contribution in [0.3, 0.4) is 0 Å². The lowest BCUT2D eigenvalue weighted by Gasteiger charge is -2.28. The highest BCUT2D eigenvalue weighted by Crippen LogP contribution is 2.43. The third kappa shape index (κ3) is 7.44. The van der Waals surface area contributed by atoms with Gasteiger partial charge < -0.3 is 35.4 Å². The van der Waals surface area contributed by atoms with Gasteiger partial charge in [0.2, 0.25) is 11.8 Å². The van der Waals surface area contributed by atoms with E-state index < -0.39 is 5.54 Å². The fourth-order valence-electron chi connectivity index (χ4n) is 9.24. The third-order valence-electron chi connectivity index (χ3n) is 11.9. The summed E-state index contributed by atoms with van der Waals surface area (Å²) in [5.41, 5.74) is 9.39. The van der Waals surface area contributed by atoms with Gasteiger partial charge in [-0.25, -0.2) is 9.78 Å². The molecule has 0 aliphatic carbocycles. The monoisotopic (exact) mass is 792 g/mol. The smallest absolute Gasteiger partial charge is 0.341 e. The van der Waals surface area contributed by atoms with E-state index in [9.17, 15) is 19.2 Å². The summed E-state index contributed by atoms with van der Waals surface area (Å²) in [6.45, 7) is 18.0. The van der Waals surface area contributed by atoms with Gasteiger partial charge in [-0.2, -0.15) is 0 Å². The molecule has 9 heterocycles. The molecule has 3 N–H and O–H groups in total. The van der Waals surface area contributed by atoms with Crippen LogP contribution in [0.2, 0.25) is 0 Å². The van der Waals surface area contributed by atoms with Crippen molar-refractivity contribution < 1.29 is 19.1 Å². The number of carbonyl (C=O) groups is 3. The lowest BCUT2D eigenvalue weighted by atomic mass is 9.97. The Bertz CT molecular complexity index is 2070. The first kappa shape index (κ1) is 39.4. The topological polar surface area (TPSA) is 146 Å². The Kier molecular flexibility index (Phi) is 10.7. The maximum atomic E-state index is 13.7. The molecule has 0 aromatic carbocycles. The molecule has 0 spiro atoms. The van der Waals surface area contributed by atoms with Crippen LogP contribution in [-0.4, -0.2) is 106 Å². The Labute approximate surface area is 331 Å². The maximum Gasteiger partial charge on any atom is 0.341 e. The number of rotatable bonds is 1. The number of carbonyl (C=O) groups excluding carboxylic acids is 3. The number of nitrogens with one attached hydrogen (secondary N) is 1. The van der Waals surface area contributed by atoms with Crippen molar-refractivity contribution in [3.63, 3.8) is 0 Å². The van der Waals surface area contributed by atoms with E-state index in [1.54, 1.807) is 16.2 Å². The fraction of sp³-hybridized carbons (Fsp3) is 0.625. The second kappa shape index (κ2) is 14.9. The van der Waals surface area contributed by atoms with Crippen LogP contribution in [0.1, 0.15) is 109 Å². The molecule has 1 unspecified atom stereocenters. The number of aromatic nitrogens is 2. The van der Waals surface area contributed by atoms with Gasteiger partial charge in [0, 0.05) is 78.6 Å². The number of esters is 1. The largest absolute Gasteiger partial charge is 0.465 e. The summed E-state index contributed by atoms with van der Waals surface area (Å²) >= 11 is 3.22. The van der Waals surface area contributed by atoms with Crippen LogP contribution in [0.25, 0.3) is 10.2 Å². The molecule has 55 heavy (non-hydrogen) atoms. The van der Waals surface area contributed by atoms with E-state index in [4.69, 9.17) is 15.5 Å². The summed E-state index contributed by atoms with van der Waals surface area (Å²) in [6, 6.07) is -0.00699. The van der Waals surface area contributed by atoms with Gasteiger partial charge in [0.1, 0.15) is 21.7 Å². The summed E-state index contributed by atoms with van der Waals surface area (Å²) in [6.07, 6.45) is 7.01. The van der Waals surface area contributed by atoms with E-state index in [0.717, 1.165) is 112 Å². The predicted molar refractivity (Wildman–Crippen MR) is 217 cm³/mol. The molecule has 15 heteroatoms. The van der Waals surface area contributed by atoms with Crippen molar-refractivity contribution >= 4 is 55.7 Å². The Hall–Kier alpha value is -3.79. The van der Waals surface area contributed by atoms with Crippen molar-refractivity contribution in [2.24, 2.45) is 0 Å². The number of hydrogen-bond acceptors (Lipinski definition) is 12. The number of fused-ring (bicyclic) bond motifs is 8. The van der Waals surface area contributed by atoms with E-state index >= 15 is 0 Å². The number of methoxy groups -OCH3 is 1. The Morgan fingerprint density at radius 2 is 1.51 bits per heavy atom. The third-order valence-corrected chi connectivity index (χ3v) is 14.0. The predicted octanol–water partition coefficient (Wildman–Crippen LogP) is 4.62. The van der Waals surface area contributed by atoms with Crippen molar-refractivity contribution in [2.45, 2.75) is 115 Å². The van der Waals surface area contributed by atoms with E-state index in [0.29, 0.717) is 17.0 Å². The Morgan fingerprint density at radius 3 is 2.18 bits per heavy atom. The van der Waals surface area contributed by atoms with Crippen LogP contribution in [-0.2, 0) is 45.8 Å². The van der Waals surface area contributed by atoms with Gasteiger partial charge in [0.25, 0.3) is 5.56 Å². The number of anilines is 1. The first-order valence-corrected chi connectivity index (χ1v) is 21.1. The average Bonchev–Trinajstić information content (AvgIpc) is 3.90. The molecule has 9 rings (SSSR count). The number of amides is 2. The molecule has 0 saturated carbocycles. The molecule has 2 atom stereocenters. The van der Waals surface area contributed by atoms with Crippen molar-refractivity contribution in [1.82, 2.24) is 34.5 Å². The van der Waals surface area contributed by atoms with Gasteiger partial charge >= 0.3 is 5.97 Å². The van der Waals surface area contributed by atoms with Crippen LogP contribution >= 0.6 is 22.7 Å². The van der Waals surface area contributed by atoms with Crippen LogP contribution in [0.4, 0.5) is 5.00 Å². The summed E-state index contributed by atoms with van der Waals surface area (Å²) < 4.78 is 6.76. The standard InChI is InChI=1S/C20H26N4OS.C10H14N2O2S.C10H16N2O2/c1-12-10-20(2,3)24-17(14-6-5-8-23(12)14)21-18-16(19(24)25)13-7-9-22(4)11-15(13)26-18;1-12-4-3-6-7(5-12)15-9(11)8(6)10(13)14-2;1-10(2)6-8(13)12-5-3-4-7(12)9(14)11-10/h14H,1,5-11H2,2-4H3;3-5,11H2,1-2H3;7H,3-6H2,1-2H3,(H,11,14)/t;;7-/m..1/s1. The first-order chi connectivity index (χ1) is 26.0. The zero-order valence-electron chi connectivity index (χ0n) is 33.4. The summed E-state index contributed by atoms with van der Waals surface area (Å²) in [5, 5.41) is 4.39.